The van der Waals surface area contributed by atoms with Crippen LogP contribution in [0.5, 0.6) is 5.75 Å². The van der Waals surface area contributed by atoms with Gasteiger partial charge >= 0.3 is 0 Å². The van der Waals surface area contributed by atoms with Gasteiger partial charge in [-0.2, -0.15) is 0 Å². The number of halogens is 2. The normalized spacial score (nSPS) is 10.6. The second kappa shape index (κ2) is 9.27. The molecule has 5 nitrogen and oxygen atoms in total. The summed E-state index contributed by atoms with van der Waals surface area (Å²) in [6.07, 6.45) is 2.83. The number of hydrazine groups is 1. The average molecular weight is 393 g/mol. The first-order chi connectivity index (χ1) is 12.4. The molecular formula is C19H18Cl2N2O3. The van der Waals surface area contributed by atoms with Crippen molar-refractivity contribution in [3.8, 4) is 5.75 Å². The number of carbonyl (C=O) groups excluding carboxylic acids is 2. The third kappa shape index (κ3) is 5.79. The second-order valence-corrected chi connectivity index (χ2v) is 6.34. The summed E-state index contributed by atoms with van der Waals surface area (Å²) in [5.41, 5.74) is 6.96. The van der Waals surface area contributed by atoms with E-state index in [0.717, 1.165) is 11.1 Å². The Labute approximate surface area is 161 Å². The van der Waals surface area contributed by atoms with E-state index < -0.39 is 11.8 Å². The van der Waals surface area contributed by atoms with E-state index in [1.54, 1.807) is 36.4 Å². The maximum atomic E-state index is 11.8. The van der Waals surface area contributed by atoms with Crippen LogP contribution in [0.15, 0.2) is 42.5 Å². The minimum Gasteiger partial charge on any atom is -0.484 e. The molecule has 0 aliphatic carbocycles. The predicted molar refractivity (Wildman–Crippen MR) is 103 cm³/mol. The molecule has 2 aromatic carbocycles. The largest absolute Gasteiger partial charge is 0.484 e. The number of aryl methyl sites for hydroxylation is 2. The van der Waals surface area contributed by atoms with E-state index in [0.29, 0.717) is 21.4 Å². The van der Waals surface area contributed by atoms with Gasteiger partial charge in [-0.1, -0.05) is 41.4 Å². The highest BCUT2D eigenvalue weighted by molar-refractivity contribution is 6.32. The Bertz CT molecular complexity index is 827. The van der Waals surface area contributed by atoms with Crippen LogP contribution < -0.4 is 15.6 Å². The van der Waals surface area contributed by atoms with Crippen LogP contribution in [0.4, 0.5) is 0 Å². The molecule has 0 saturated heterocycles. The number of nitrogens with one attached hydrogen (secondary N) is 2. The van der Waals surface area contributed by atoms with E-state index in [1.165, 1.54) is 6.08 Å². The van der Waals surface area contributed by atoms with E-state index in [9.17, 15) is 9.59 Å². The van der Waals surface area contributed by atoms with Crippen LogP contribution in [0.2, 0.25) is 10.0 Å². The van der Waals surface area contributed by atoms with Gasteiger partial charge in [-0.3, -0.25) is 20.4 Å². The van der Waals surface area contributed by atoms with Gasteiger partial charge in [0.2, 0.25) is 0 Å². The van der Waals surface area contributed by atoms with Gasteiger partial charge in [0.1, 0.15) is 5.75 Å². The van der Waals surface area contributed by atoms with Gasteiger partial charge in [0, 0.05) is 16.1 Å². The van der Waals surface area contributed by atoms with Gasteiger partial charge in [0.25, 0.3) is 11.8 Å². The third-order valence-electron chi connectivity index (χ3n) is 3.42. The molecule has 0 fully saturated rings. The monoisotopic (exact) mass is 392 g/mol. The van der Waals surface area contributed by atoms with Crippen molar-refractivity contribution in [2.45, 2.75) is 13.8 Å². The molecule has 2 N–H and O–H groups in total. The topological polar surface area (TPSA) is 67.4 Å². The molecule has 0 saturated carbocycles. The highest BCUT2D eigenvalue weighted by atomic mass is 35.5. The van der Waals surface area contributed by atoms with Gasteiger partial charge in [0.05, 0.1) is 0 Å². The van der Waals surface area contributed by atoms with Gasteiger partial charge in [-0.25, -0.2) is 0 Å². The van der Waals surface area contributed by atoms with Crippen LogP contribution in [0.1, 0.15) is 16.7 Å². The van der Waals surface area contributed by atoms with E-state index in [-0.39, 0.29) is 6.61 Å². The smallest absolute Gasteiger partial charge is 0.276 e. The maximum Gasteiger partial charge on any atom is 0.276 e. The van der Waals surface area contributed by atoms with Gasteiger partial charge in [-0.05, 0) is 54.8 Å². The van der Waals surface area contributed by atoms with Gasteiger partial charge in [-0.15, -0.1) is 0 Å². The molecular weight excluding hydrogens is 375 g/mol. The molecule has 0 aliphatic heterocycles. The van der Waals surface area contributed by atoms with Crippen molar-refractivity contribution >= 4 is 41.1 Å². The van der Waals surface area contributed by atoms with E-state index in [1.807, 2.05) is 19.9 Å². The lowest BCUT2D eigenvalue weighted by atomic mass is 10.1. The average Bonchev–Trinajstić information content (AvgIpc) is 2.61. The van der Waals surface area contributed by atoms with Crippen LogP contribution >= 0.6 is 23.2 Å². The number of carbonyl (C=O) groups is 2. The summed E-state index contributed by atoms with van der Waals surface area (Å²) in [6.45, 7) is 3.47. The Morgan fingerprint density at radius 2 is 1.73 bits per heavy atom. The van der Waals surface area contributed by atoms with Crippen LogP contribution in [-0.2, 0) is 9.59 Å². The molecule has 0 heterocycles. The quantitative estimate of drug-likeness (QED) is 0.599. The number of rotatable bonds is 5. The van der Waals surface area contributed by atoms with Crippen molar-refractivity contribution < 1.29 is 14.3 Å². The predicted octanol–water partition coefficient (Wildman–Crippen LogP) is 3.85. The van der Waals surface area contributed by atoms with Crippen molar-refractivity contribution in [1.29, 1.82) is 0 Å². The van der Waals surface area contributed by atoms with E-state index in [4.69, 9.17) is 27.9 Å². The van der Waals surface area contributed by atoms with Crippen molar-refractivity contribution in [2.75, 3.05) is 6.61 Å². The first-order valence-corrected chi connectivity index (χ1v) is 8.53. The molecule has 2 rings (SSSR count). The van der Waals surface area contributed by atoms with E-state index >= 15 is 0 Å². The summed E-state index contributed by atoms with van der Waals surface area (Å²) >= 11 is 12.1. The molecule has 136 valence electrons. The summed E-state index contributed by atoms with van der Waals surface area (Å²) in [5, 5.41) is 1.20. The summed E-state index contributed by atoms with van der Waals surface area (Å²) in [7, 11) is 0. The lowest BCUT2D eigenvalue weighted by Gasteiger charge is -2.10. The van der Waals surface area contributed by atoms with Crippen molar-refractivity contribution in [3.05, 3.63) is 69.2 Å². The number of hydrogen-bond donors (Lipinski definition) is 2. The summed E-state index contributed by atoms with van der Waals surface area (Å²) in [6, 6.07) is 10.6. The molecule has 0 atom stereocenters. The summed E-state index contributed by atoms with van der Waals surface area (Å²) in [4.78, 5) is 23.5. The fourth-order valence-corrected chi connectivity index (χ4v) is 2.43. The first kappa shape index (κ1) is 19.8. The zero-order valence-electron chi connectivity index (χ0n) is 14.3. The Balaban J connectivity index is 1.80. The molecule has 0 spiro atoms. The summed E-state index contributed by atoms with van der Waals surface area (Å²) < 4.78 is 5.40. The first-order valence-electron chi connectivity index (χ1n) is 7.78. The fraction of sp³-hybridized carbons (Fsp3) is 0.158. The molecule has 7 heteroatoms. The van der Waals surface area contributed by atoms with Crippen LogP contribution in [0, 0.1) is 13.8 Å². The van der Waals surface area contributed by atoms with Crippen LogP contribution in [-0.4, -0.2) is 18.4 Å². The number of amides is 2. The SMILES string of the molecule is Cc1cc(OCC(=O)NNC(=O)/C=C\c2ccccc2Cl)cc(C)c1Cl. The standard InChI is InChI=1S/C19H18Cl2N2O3/c1-12-9-15(10-13(2)19(12)21)26-11-18(25)23-22-17(24)8-7-14-5-3-4-6-16(14)20/h3-10H,11H2,1-2H3,(H,22,24)(H,23,25)/b8-7-. The third-order valence-corrected chi connectivity index (χ3v) is 4.36. The Hall–Kier alpha value is -2.50. The van der Waals surface area contributed by atoms with Crippen molar-refractivity contribution in [3.63, 3.8) is 0 Å². The Kier molecular flexibility index (Phi) is 7.06. The Morgan fingerprint density at radius 1 is 1.08 bits per heavy atom. The molecule has 0 aliphatic rings. The minimum absolute atomic E-state index is 0.241. The van der Waals surface area contributed by atoms with Gasteiger partial charge < -0.3 is 4.74 Å². The molecule has 2 aromatic rings. The second-order valence-electron chi connectivity index (χ2n) is 5.55. The fourth-order valence-electron chi connectivity index (χ4n) is 2.12. The molecule has 0 aromatic heterocycles. The number of hydrogen-bond acceptors (Lipinski definition) is 3. The van der Waals surface area contributed by atoms with Crippen LogP contribution in [0.3, 0.4) is 0 Å². The molecule has 26 heavy (non-hydrogen) atoms. The molecule has 2 amide bonds. The molecule has 0 radical (unpaired) electrons. The number of ether oxygens (including phenoxy) is 1. The van der Waals surface area contributed by atoms with Crippen molar-refractivity contribution in [2.24, 2.45) is 0 Å². The zero-order chi connectivity index (χ0) is 19.1. The minimum atomic E-state index is -0.491. The zero-order valence-corrected chi connectivity index (χ0v) is 15.8. The lowest BCUT2D eigenvalue weighted by molar-refractivity contribution is -0.128. The van der Waals surface area contributed by atoms with Crippen LogP contribution in [0.25, 0.3) is 6.08 Å². The maximum absolute atomic E-state index is 11.8. The highest BCUT2D eigenvalue weighted by Gasteiger charge is 2.07. The highest BCUT2D eigenvalue weighted by Crippen LogP contribution is 2.25. The summed E-state index contributed by atoms with van der Waals surface area (Å²) in [5.74, 6) is -0.448. The lowest BCUT2D eigenvalue weighted by Crippen LogP contribution is -2.43. The van der Waals surface area contributed by atoms with Crippen molar-refractivity contribution in [1.82, 2.24) is 10.9 Å². The number of benzene rings is 2. The molecule has 0 unspecified atom stereocenters. The van der Waals surface area contributed by atoms with E-state index in [2.05, 4.69) is 10.9 Å². The molecule has 0 bridgehead atoms. The Morgan fingerprint density at radius 3 is 2.38 bits per heavy atom. The van der Waals surface area contributed by atoms with Gasteiger partial charge in [0.15, 0.2) is 6.61 Å².